The number of nitrogens with two attached hydrogens (primary N) is 1. The molecule has 0 unspecified atom stereocenters. The number of hydrogen-bond acceptors (Lipinski definition) is 7. The van der Waals surface area contributed by atoms with Gasteiger partial charge in [0.1, 0.15) is 33.8 Å². The summed E-state index contributed by atoms with van der Waals surface area (Å²) in [5, 5.41) is 17.4. The third-order valence-corrected chi connectivity index (χ3v) is 5.37. The summed E-state index contributed by atoms with van der Waals surface area (Å²) in [6.45, 7) is 0. The summed E-state index contributed by atoms with van der Waals surface area (Å²) in [7, 11) is 1.58. The first-order valence-corrected chi connectivity index (χ1v) is 10.5. The summed E-state index contributed by atoms with van der Waals surface area (Å²) in [4.78, 5) is 17.8. The zero-order chi connectivity index (χ0) is 22.0. The highest BCUT2D eigenvalue weighted by Crippen LogP contribution is 2.31. The van der Waals surface area contributed by atoms with Gasteiger partial charge in [0.05, 0.1) is 12.8 Å². The van der Waals surface area contributed by atoms with Gasteiger partial charge in [0.15, 0.2) is 5.65 Å². The summed E-state index contributed by atoms with van der Waals surface area (Å²) >= 11 is 1.30. The molecule has 4 rings (SSSR count). The van der Waals surface area contributed by atoms with E-state index in [0.717, 1.165) is 5.56 Å². The van der Waals surface area contributed by atoms with Crippen LogP contribution in [-0.4, -0.2) is 33.9 Å². The molecule has 2 aromatic carbocycles. The maximum atomic E-state index is 13.2. The van der Waals surface area contributed by atoms with E-state index in [-0.39, 0.29) is 28.5 Å². The van der Waals surface area contributed by atoms with Crippen LogP contribution < -0.4 is 15.8 Å². The molecule has 0 spiro atoms. The molecule has 4 aromatic rings. The monoisotopic (exact) mass is 430 g/mol. The molecule has 2 heterocycles. The number of amides is 1. The van der Waals surface area contributed by atoms with E-state index < -0.39 is 0 Å². The van der Waals surface area contributed by atoms with Gasteiger partial charge in [-0.15, -0.1) is 11.8 Å². The van der Waals surface area contributed by atoms with Crippen LogP contribution in [0.15, 0.2) is 59.6 Å². The number of nitrogens with zero attached hydrogens (tertiary/aromatic N) is 4. The van der Waals surface area contributed by atoms with Gasteiger partial charge in [-0.25, -0.2) is 4.98 Å². The largest absolute Gasteiger partial charge is 0.497 e. The third-order valence-electron chi connectivity index (χ3n) is 4.70. The van der Waals surface area contributed by atoms with Gasteiger partial charge in [-0.1, -0.05) is 30.3 Å². The van der Waals surface area contributed by atoms with Crippen molar-refractivity contribution in [3.8, 4) is 23.1 Å². The maximum absolute atomic E-state index is 13.2. The number of rotatable bonds is 5. The summed E-state index contributed by atoms with van der Waals surface area (Å²) in [6, 6.07) is 18.3. The van der Waals surface area contributed by atoms with Crippen LogP contribution in [0.2, 0.25) is 0 Å². The summed E-state index contributed by atoms with van der Waals surface area (Å²) in [5.74, 6) is 0.440. The number of carbonyl (C=O) groups is 1. The van der Waals surface area contributed by atoms with E-state index in [2.05, 4.69) is 21.5 Å². The van der Waals surface area contributed by atoms with Crippen molar-refractivity contribution in [2.45, 2.75) is 5.03 Å². The minimum absolute atomic E-state index is 0.130. The topological polar surface area (TPSA) is 118 Å². The van der Waals surface area contributed by atoms with Crippen LogP contribution in [0.5, 0.6) is 5.75 Å². The molecule has 0 saturated heterocycles. The molecule has 0 bridgehead atoms. The smallest absolute Gasteiger partial charge is 0.262 e. The van der Waals surface area contributed by atoms with E-state index in [1.165, 1.54) is 16.3 Å². The van der Waals surface area contributed by atoms with Gasteiger partial charge in [-0.05, 0) is 30.5 Å². The summed E-state index contributed by atoms with van der Waals surface area (Å²) < 4.78 is 6.50. The SMILES string of the molecule is COc1ccc(NC(=O)c2c(SC)nn3c(N)c(C#N)c(-c4ccccc4)nc23)cc1. The van der Waals surface area contributed by atoms with E-state index in [9.17, 15) is 10.1 Å². The summed E-state index contributed by atoms with van der Waals surface area (Å²) in [6.07, 6.45) is 1.81. The number of carbonyl (C=O) groups excluding carboxylic acids is 1. The Bertz CT molecular complexity index is 1310. The number of fused-ring (bicyclic) bond motifs is 1. The number of methoxy groups -OCH3 is 1. The van der Waals surface area contributed by atoms with Gasteiger partial charge < -0.3 is 15.8 Å². The predicted molar refractivity (Wildman–Crippen MR) is 120 cm³/mol. The zero-order valence-electron chi connectivity index (χ0n) is 16.8. The van der Waals surface area contributed by atoms with E-state index in [4.69, 9.17) is 10.5 Å². The van der Waals surface area contributed by atoms with Crippen LogP contribution in [-0.2, 0) is 0 Å². The average molecular weight is 430 g/mol. The number of nitriles is 1. The number of benzene rings is 2. The van der Waals surface area contributed by atoms with Crippen LogP contribution in [0.25, 0.3) is 16.9 Å². The number of nitrogen functional groups attached to an aromatic ring is 1. The number of anilines is 2. The molecule has 154 valence electrons. The van der Waals surface area contributed by atoms with Crippen molar-refractivity contribution < 1.29 is 9.53 Å². The number of thioether (sulfide) groups is 1. The second-order valence-electron chi connectivity index (χ2n) is 6.50. The van der Waals surface area contributed by atoms with Crippen molar-refractivity contribution in [3.63, 3.8) is 0 Å². The van der Waals surface area contributed by atoms with Gasteiger partial charge >= 0.3 is 0 Å². The number of hydrogen-bond donors (Lipinski definition) is 2. The molecule has 0 radical (unpaired) electrons. The molecule has 31 heavy (non-hydrogen) atoms. The van der Waals surface area contributed by atoms with E-state index >= 15 is 0 Å². The Morgan fingerprint density at radius 1 is 1.19 bits per heavy atom. The van der Waals surface area contributed by atoms with Gasteiger partial charge in [0.25, 0.3) is 5.91 Å². The molecule has 0 saturated carbocycles. The molecule has 0 aliphatic carbocycles. The second kappa shape index (κ2) is 8.38. The lowest BCUT2D eigenvalue weighted by molar-refractivity contribution is 0.102. The van der Waals surface area contributed by atoms with E-state index in [1.807, 2.05) is 36.6 Å². The van der Waals surface area contributed by atoms with Crippen LogP contribution in [0.4, 0.5) is 11.5 Å². The Morgan fingerprint density at radius 3 is 2.52 bits per heavy atom. The highest BCUT2D eigenvalue weighted by atomic mass is 32.2. The molecule has 9 heteroatoms. The lowest BCUT2D eigenvalue weighted by Crippen LogP contribution is -2.14. The molecule has 0 aliphatic rings. The van der Waals surface area contributed by atoms with Gasteiger partial charge in [-0.3, -0.25) is 4.79 Å². The fourth-order valence-electron chi connectivity index (χ4n) is 3.17. The third kappa shape index (κ3) is 3.65. The highest BCUT2D eigenvalue weighted by molar-refractivity contribution is 7.98. The Hall–Kier alpha value is -4.03. The van der Waals surface area contributed by atoms with Crippen molar-refractivity contribution in [3.05, 3.63) is 65.7 Å². The van der Waals surface area contributed by atoms with Crippen LogP contribution in [0, 0.1) is 11.3 Å². The van der Waals surface area contributed by atoms with Crippen molar-refractivity contribution in [1.29, 1.82) is 5.26 Å². The van der Waals surface area contributed by atoms with Crippen LogP contribution in [0.3, 0.4) is 0 Å². The Morgan fingerprint density at radius 2 is 1.90 bits per heavy atom. The quantitative estimate of drug-likeness (QED) is 0.462. The van der Waals surface area contributed by atoms with Crippen LogP contribution >= 0.6 is 11.8 Å². The first kappa shape index (κ1) is 20.3. The maximum Gasteiger partial charge on any atom is 0.262 e. The van der Waals surface area contributed by atoms with E-state index in [0.29, 0.717) is 22.2 Å². The van der Waals surface area contributed by atoms with Crippen LogP contribution in [0.1, 0.15) is 15.9 Å². The lowest BCUT2D eigenvalue weighted by Gasteiger charge is -2.09. The fraction of sp³-hybridized carbons (Fsp3) is 0.0909. The first-order chi connectivity index (χ1) is 15.1. The van der Waals surface area contributed by atoms with E-state index in [1.54, 1.807) is 31.4 Å². The molecular formula is C22H18N6O2S. The molecule has 3 N–H and O–H groups in total. The molecule has 8 nitrogen and oxygen atoms in total. The molecule has 0 aliphatic heterocycles. The standard InChI is InChI=1S/C22H18N6O2S/c1-30-15-10-8-14(9-11-15)25-21(29)17-20-26-18(13-6-4-3-5-7-13)16(12-23)19(24)28(20)27-22(17)31-2/h3-11H,24H2,1-2H3,(H,25,29). The Labute approximate surface area is 182 Å². The Balaban J connectivity index is 1.87. The minimum Gasteiger partial charge on any atom is -0.497 e. The number of aromatic nitrogens is 3. The zero-order valence-corrected chi connectivity index (χ0v) is 17.6. The molecule has 0 atom stereocenters. The molecule has 2 aromatic heterocycles. The fourth-order valence-corrected chi connectivity index (χ4v) is 3.73. The van der Waals surface area contributed by atoms with Crippen molar-refractivity contribution >= 4 is 34.8 Å². The number of nitrogens with one attached hydrogen (secondary N) is 1. The molecule has 0 fully saturated rings. The average Bonchev–Trinajstić information content (AvgIpc) is 3.19. The van der Waals surface area contributed by atoms with Gasteiger partial charge in [-0.2, -0.15) is 14.9 Å². The van der Waals surface area contributed by atoms with Crippen molar-refractivity contribution in [1.82, 2.24) is 14.6 Å². The number of ether oxygens (including phenoxy) is 1. The van der Waals surface area contributed by atoms with Crippen molar-refractivity contribution in [2.75, 3.05) is 24.4 Å². The normalized spacial score (nSPS) is 10.6. The molecule has 1 amide bonds. The highest BCUT2D eigenvalue weighted by Gasteiger charge is 2.25. The first-order valence-electron chi connectivity index (χ1n) is 9.24. The minimum atomic E-state index is -0.375. The van der Waals surface area contributed by atoms with Gasteiger partial charge in [0, 0.05) is 11.3 Å². The van der Waals surface area contributed by atoms with Crippen molar-refractivity contribution in [2.24, 2.45) is 0 Å². The van der Waals surface area contributed by atoms with Gasteiger partial charge in [0.2, 0.25) is 0 Å². The Kier molecular flexibility index (Phi) is 5.47. The summed E-state index contributed by atoms with van der Waals surface area (Å²) in [5.41, 5.74) is 8.77. The predicted octanol–water partition coefficient (Wildman–Crippen LogP) is 3.83. The second-order valence-corrected chi connectivity index (χ2v) is 7.30. The molecular weight excluding hydrogens is 412 g/mol. The lowest BCUT2D eigenvalue weighted by atomic mass is 10.1.